The molecule has 108 valence electrons. The van der Waals surface area contributed by atoms with Gasteiger partial charge < -0.3 is 5.32 Å². The molecular formula is C18H24BrN. The zero-order valence-corrected chi connectivity index (χ0v) is 14.0. The molecule has 1 aromatic rings. The normalized spacial score (nSPS) is 38.2. The van der Waals surface area contributed by atoms with Crippen molar-refractivity contribution in [1.29, 1.82) is 0 Å². The molecule has 3 saturated carbocycles. The molecule has 2 heteroatoms. The Kier molecular flexibility index (Phi) is 3.14. The van der Waals surface area contributed by atoms with Crippen molar-refractivity contribution >= 4 is 21.6 Å². The predicted octanol–water partition coefficient (Wildman–Crippen LogP) is 5.30. The number of fused-ring (bicyclic) bond motifs is 5. The van der Waals surface area contributed by atoms with E-state index in [2.05, 4.69) is 47.2 Å². The van der Waals surface area contributed by atoms with Crippen molar-refractivity contribution in [3.05, 3.63) is 27.7 Å². The quantitative estimate of drug-likeness (QED) is 0.773. The van der Waals surface area contributed by atoms with E-state index in [1.54, 1.807) is 0 Å². The first-order valence-corrected chi connectivity index (χ1v) is 8.96. The van der Waals surface area contributed by atoms with Crippen molar-refractivity contribution in [2.45, 2.75) is 52.0 Å². The Morgan fingerprint density at radius 3 is 2.45 bits per heavy atom. The molecule has 5 unspecified atom stereocenters. The van der Waals surface area contributed by atoms with Crippen LogP contribution in [-0.2, 0) is 0 Å². The smallest absolute Gasteiger partial charge is 0.0402 e. The van der Waals surface area contributed by atoms with E-state index in [0.29, 0.717) is 0 Å². The molecular weight excluding hydrogens is 310 g/mol. The summed E-state index contributed by atoms with van der Waals surface area (Å²) in [6.07, 6.45) is 7.44. The van der Waals surface area contributed by atoms with Gasteiger partial charge in [-0.1, -0.05) is 22.4 Å². The first-order chi connectivity index (χ1) is 9.63. The summed E-state index contributed by atoms with van der Waals surface area (Å²) in [7, 11) is 0. The van der Waals surface area contributed by atoms with Crippen LogP contribution in [0, 0.1) is 37.5 Å². The molecule has 0 heterocycles. The van der Waals surface area contributed by atoms with Gasteiger partial charge in [0.2, 0.25) is 0 Å². The van der Waals surface area contributed by atoms with Gasteiger partial charge in [0.15, 0.2) is 0 Å². The van der Waals surface area contributed by atoms with Gasteiger partial charge in [0.25, 0.3) is 0 Å². The zero-order valence-electron chi connectivity index (χ0n) is 12.5. The van der Waals surface area contributed by atoms with Gasteiger partial charge in [0.1, 0.15) is 0 Å². The Morgan fingerprint density at radius 1 is 1.00 bits per heavy atom. The van der Waals surface area contributed by atoms with Crippen LogP contribution >= 0.6 is 15.9 Å². The summed E-state index contributed by atoms with van der Waals surface area (Å²) in [5.74, 6) is 4.11. The van der Waals surface area contributed by atoms with E-state index in [0.717, 1.165) is 29.7 Å². The minimum Gasteiger partial charge on any atom is -0.382 e. The van der Waals surface area contributed by atoms with Gasteiger partial charge in [0, 0.05) is 16.2 Å². The van der Waals surface area contributed by atoms with E-state index in [-0.39, 0.29) is 0 Å². The number of hydrogen-bond donors (Lipinski definition) is 1. The summed E-state index contributed by atoms with van der Waals surface area (Å²) >= 11 is 3.60. The Morgan fingerprint density at radius 2 is 1.70 bits per heavy atom. The van der Waals surface area contributed by atoms with E-state index < -0.39 is 0 Å². The van der Waals surface area contributed by atoms with E-state index >= 15 is 0 Å². The van der Waals surface area contributed by atoms with Gasteiger partial charge in [-0.05, 0) is 86.5 Å². The Bertz CT molecular complexity index is 515. The van der Waals surface area contributed by atoms with Crippen molar-refractivity contribution in [3.63, 3.8) is 0 Å². The van der Waals surface area contributed by atoms with E-state index in [9.17, 15) is 0 Å². The fraction of sp³-hybridized carbons (Fsp3) is 0.667. The third-order valence-corrected chi connectivity index (χ3v) is 6.71. The van der Waals surface area contributed by atoms with Crippen LogP contribution in [0.3, 0.4) is 0 Å². The molecule has 3 fully saturated rings. The highest BCUT2D eigenvalue weighted by Crippen LogP contribution is 2.59. The highest BCUT2D eigenvalue weighted by molar-refractivity contribution is 9.10. The topological polar surface area (TPSA) is 12.0 Å². The van der Waals surface area contributed by atoms with Gasteiger partial charge in [-0.3, -0.25) is 0 Å². The monoisotopic (exact) mass is 333 g/mol. The molecule has 1 nitrogen and oxygen atoms in total. The number of nitrogens with one attached hydrogen (secondary N) is 1. The molecule has 1 N–H and O–H groups in total. The fourth-order valence-corrected chi connectivity index (χ4v) is 6.24. The van der Waals surface area contributed by atoms with Gasteiger partial charge >= 0.3 is 0 Å². The number of rotatable bonds is 2. The second kappa shape index (κ2) is 4.76. The molecule has 1 aromatic carbocycles. The summed E-state index contributed by atoms with van der Waals surface area (Å²) in [5, 5.41) is 3.93. The van der Waals surface area contributed by atoms with Crippen LogP contribution in [0.1, 0.15) is 43.2 Å². The van der Waals surface area contributed by atoms with Crippen molar-refractivity contribution in [1.82, 2.24) is 0 Å². The summed E-state index contributed by atoms with van der Waals surface area (Å²) < 4.78 is 1.20. The first-order valence-electron chi connectivity index (χ1n) is 8.17. The lowest BCUT2D eigenvalue weighted by atomic mass is 9.79. The molecule has 5 atom stereocenters. The van der Waals surface area contributed by atoms with Crippen LogP contribution in [0.5, 0.6) is 0 Å². The average Bonchev–Trinajstić information content (AvgIpc) is 3.05. The maximum atomic E-state index is 3.93. The maximum Gasteiger partial charge on any atom is 0.0402 e. The SMILES string of the molecule is Cc1cc(Br)cc(C)c1NC1CC2CC1C1CCCC21. The van der Waals surface area contributed by atoms with Crippen LogP contribution in [-0.4, -0.2) is 6.04 Å². The molecule has 0 radical (unpaired) electrons. The second-order valence-corrected chi connectivity index (χ2v) is 8.24. The van der Waals surface area contributed by atoms with Gasteiger partial charge in [0.05, 0.1) is 0 Å². The average molecular weight is 334 g/mol. The molecule has 2 bridgehead atoms. The van der Waals surface area contributed by atoms with E-state index in [1.165, 1.54) is 53.4 Å². The standard InChI is InChI=1S/C18H24BrN/c1-10-6-13(19)7-11(2)18(10)20-17-9-12-8-16(17)15-5-3-4-14(12)15/h6-7,12,14-17,20H,3-5,8-9H2,1-2H3. The summed E-state index contributed by atoms with van der Waals surface area (Å²) in [6, 6.07) is 5.21. The number of hydrogen-bond acceptors (Lipinski definition) is 1. The van der Waals surface area contributed by atoms with Gasteiger partial charge in [-0.15, -0.1) is 0 Å². The van der Waals surface area contributed by atoms with E-state index in [1.807, 2.05) is 0 Å². The van der Waals surface area contributed by atoms with Gasteiger partial charge in [-0.2, -0.15) is 0 Å². The van der Waals surface area contributed by atoms with Gasteiger partial charge in [-0.25, -0.2) is 0 Å². The maximum absolute atomic E-state index is 3.93. The highest BCUT2D eigenvalue weighted by Gasteiger charge is 2.53. The molecule has 0 saturated heterocycles. The fourth-order valence-electron chi connectivity index (χ4n) is 5.56. The number of halogens is 1. The lowest BCUT2D eigenvalue weighted by Gasteiger charge is -2.33. The molecule has 4 rings (SSSR count). The van der Waals surface area contributed by atoms with Crippen LogP contribution in [0.25, 0.3) is 0 Å². The third kappa shape index (κ3) is 1.94. The van der Waals surface area contributed by atoms with Crippen LogP contribution in [0.15, 0.2) is 16.6 Å². The number of benzene rings is 1. The molecule has 0 aliphatic heterocycles. The Balaban J connectivity index is 1.56. The molecule has 3 aliphatic rings. The summed E-state index contributed by atoms with van der Waals surface area (Å²) in [4.78, 5) is 0. The molecule has 0 amide bonds. The predicted molar refractivity (Wildman–Crippen MR) is 88.1 cm³/mol. The zero-order chi connectivity index (χ0) is 13.9. The lowest BCUT2D eigenvalue weighted by Crippen LogP contribution is -2.34. The molecule has 20 heavy (non-hydrogen) atoms. The first kappa shape index (κ1) is 13.2. The minimum absolute atomic E-state index is 0.734. The number of aryl methyl sites for hydroxylation is 2. The highest BCUT2D eigenvalue weighted by atomic mass is 79.9. The van der Waals surface area contributed by atoms with Crippen molar-refractivity contribution in [2.75, 3.05) is 5.32 Å². The van der Waals surface area contributed by atoms with Crippen molar-refractivity contribution in [3.8, 4) is 0 Å². The third-order valence-electron chi connectivity index (χ3n) is 6.26. The van der Waals surface area contributed by atoms with Crippen LogP contribution < -0.4 is 5.32 Å². The minimum atomic E-state index is 0.734. The second-order valence-electron chi connectivity index (χ2n) is 7.32. The van der Waals surface area contributed by atoms with Crippen molar-refractivity contribution < 1.29 is 0 Å². The lowest BCUT2D eigenvalue weighted by molar-refractivity contribution is 0.243. The molecule has 3 aliphatic carbocycles. The Hall–Kier alpha value is -0.500. The summed E-state index contributed by atoms with van der Waals surface area (Å²) in [6.45, 7) is 4.46. The molecule has 0 spiro atoms. The Labute approximate surface area is 130 Å². The number of anilines is 1. The largest absolute Gasteiger partial charge is 0.382 e. The van der Waals surface area contributed by atoms with Crippen LogP contribution in [0.2, 0.25) is 0 Å². The molecule has 0 aromatic heterocycles. The summed E-state index contributed by atoms with van der Waals surface area (Å²) in [5.41, 5.74) is 4.14. The van der Waals surface area contributed by atoms with Crippen molar-refractivity contribution in [2.24, 2.45) is 23.7 Å². The van der Waals surface area contributed by atoms with Crippen LogP contribution in [0.4, 0.5) is 5.69 Å². The van der Waals surface area contributed by atoms with E-state index in [4.69, 9.17) is 0 Å².